The molecule has 0 bridgehead atoms. The van der Waals surface area contributed by atoms with Crippen LogP contribution in [0.5, 0.6) is 0 Å². The van der Waals surface area contributed by atoms with Gasteiger partial charge in [-0.15, -0.1) is 0 Å². The van der Waals surface area contributed by atoms with Gasteiger partial charge in [-0.1, -0.05) is 19.8 Å². The fraction of sp³-hybridized carbons (Fsp3) is 1.00. The zero-order chi connectivity index (χ0) is 9.80. The van der Waals surface area contributed by atoms with E-state index in [1.54, 1.807) is 0 Å². The first-order valence-electron chi connectivity index (χ1n) is 6.57. The molecule has 1 heterocycles. The van der Waals surface area contributed by atoms with Gasteiger partial charge in [0.2, 0.25) is 0 Å². The molecule has 1 saturated heterocycles. The van der Waals surface area contributed by atoms with Crippen molar-refractivity contribution < 1.29 is 0 Å². The molecule has 2 fully saturated rings. The van der Waals surface area contributed by atoms with Crippen LogP contribution in [0.2, 0.25) is 0 Å². The minimum absolute atomic E-state index is 1.01. The molecular formula is C13H25N. The second-order valence-electron chi connectivity index (χ2n) is 5.46. The number of rotatable bonds is 1. The van der Waals surface area contributed by atoms with Crippen LogP contribution in [-0.4, -0.2) is 13.1 Å². The highest BCUT2D eigenvalue weighted by Gasteiger charge is 2.26. The molecule has 1 atom stereocenters. The van der Waals surface area contributed by atoms with Crippen LogP contribution in [0.1, 0.15) is 51.9 Å². The third-order valence-corrected chi connectivity index (χ3v) is 4.35. The summed E-state index contributed by atoms with van der Waals surface area (Å²) < 4.78 is 0. The lowest BCUT2D eigenvalue weighted by Crippen LogP contribution is -2.22. The highest BCUT2D eigenvalue weighted by atomic mass is 14.8. The Labute approximate surface area is 88.7 Å². The first-order valence-corrected chi connectivity index (χ1v) is 6.57. The lowest BCUT2D eigenvalue weighted by atomic mass is 9.74. The van der Waals surface area contributed by atoms with Crippen LogP contribution in [0.3, 0.4) is 0 Å². The van der Waals surface area contributed by atoms with Crippen LogP contribution in [-0.2, 0) is 0 Å². The van der Waals surface area contributed by atoms with E-state index < -0.39 is 0 Å². The lowest BCUT2D eigenvalue weighted by molar-refractivity contribution is 0.199. The number of nitrogens with one attached hydrogen (secondary N) is 1. The summed E-state index contributed by atoms with van der Waals surface area (Å²) in [4.78, 5) is 0. The Morgan fingerprint density at radius 1 is 0.786 bits per heavy atom. The standard InChI is InChI=1S/C13H25N/c1-11-4-6-13(7-5-11)12-3-2-9-14-10-8-12/h11-14H,2-10H2,1H3. The van der Waals surface area contributed by atoms with Crippen molar-refractivity contribution in [2.45, 2.75) is 51.9 Å². The van der Waals surface area contributed by atoms with Gasteiger partial charge in [0.1, 0.15) is 0 Å². The maximum Gasteiger partial charge on any atom is -0.00462 e. The third kappa shape index (κ3) is 2.73. The monoisotopic (exact) mass is 195 g/mol. The van der Waals surface area contributed by atoms with E-state index in [0.29, 0.717) is 0 Å². The number of hydrogen-bond acceptors (Lipinski definition) is 1. The summed E-state index contributed by atoms with van der Waals surface area (Å²) in [5.41, 5.74) is 0. The van der Waals surface area contributed by atoms with Gasteiger partial charge in [-0.05, 0) is 62.9 Å². The molecule has 1 nitrogen and oxygen atoms in total. The van der Waals surface area contributed by atoms with Crippen molar-refractivity contribution in [1.29, 1.82) is 0 Å². The average molecular weight is 195 g/mol. The van der Waals surface area contributed by atoms with Crippen LogP contribution >= 0.6 is 0 Å². The second-order valence-corrected chi connectivity index (χ2v) is 5.46. The Kier molecular flexibility index (Phi) is 3.86. The van der Waals surface area contributed by atoms with E-state index in [9.17, 15) is 0 Å². The molecule has 1 unspecified atom stereocenters. The van der Waals surface area contributed by atoms with Crippen molar-refractivity contribution in [3.8, 4) is 0 Å². The molecule has 1 aliphatic carbocycles. The molecule has 0 aromatic rings. The Morgan fingerprint density at radius 3 is 2.29 bits per heavy atom. The minimum Gasteiger partial charge on any atom is -0.317 e. The average Bonchev–Trinajstić information content (AvgIpc) is 2.47. The van der Waals surface area contributed by atoms with Gasteiger partial charge in [-0.25, -0.2) is 0 Å². The predicted octanol–water partition coefficient (Wildman–Crippen LogP) is 3.20. The summed E-state index contributed by atoms with van der Waals surface area (Å²) in [6, 6.07) is 0. The fourth-order valence-electron chi connectivity index (χ4n) is 3.27. The highest BCUT2D eigenvalue weighted by molar-refractivity contribution is 4.78. The SMILES string of the molecule is CC1CCC(C2CCCNCC2)CC1. The largest absolute Gasteiger partial charge is 0.317 e. The third-order valence-electron chi connectivity index (χ3n) is 4.35. The van der Waals surface area contributed by atoms with Crippen molar-refractivity contribution in [2.24, 2.45) is 17.8 Å². The minimum atomic E-state index is 1.01. The van der Waals surface area contributed by atoms with Crippen molar-refractivity contribution >= 4 is 0 Å². The highest BCUT2D eigenvalue weighted by Crippen LogP contribution is 2.36. The first kappa shape index (κ1) is 10.5. The Hall–Kier alpha value is -0.0400. The smallest absolute Gasteiger partial charge is 0.00462 e. The molecule has 0 aromatic heterocycles. The normalized spacial score (nSPS) is 40.5. The van der Waals surface area contributed by atoms with E-state index in [1.807, 2.05) is 0 Å². The summed E-state index contributed by atoms with van der Waals surface area (Å²) in [6.07, 6.45) is 10.4. The maximum atomic E-state index is 3.53. The zero-order valence-electron chi connectivity index (χ0n) is 9.60. The van der Waals surface area contributed by atoms with Gasteiger partial charge in [0.15, 0.2) is 0 Å². The Balaban J connectivity index is 1.81. The van der Waals surface area contributed by atoms with Crippen LogP contribution in [0.4, 0.5) is 0 Å². The van der Waals surface area contributed by atoms with Crippen molar-refractivity contribution in [3.63, 3.8) is 0 Å². The molecule has 1 aliphatic heterocycles. The Bertz CT molecular complexity index is 151. The van der Waals surface area contributed by atoms with Gasteiger partial charge in [0, 0.05) is 0 Å². The Morgan fingerprint density at radius 2 is 1.50 bits per heavy atom. The molecule has 0 amide bonds. The van der Waals surface area contributed by atoms with E-state index in [1.165, 1.54) is 58.0 Å². The molecule has 0 radical (unpaired) electrons. The molecule has 0 aromatic carbocycles. The van der Waals surface area contributed by atoms with E-state index >= 15 is 0 Å². The molecule has 82 valence electrons. The molecule has 2 aliphatic rings. The molecular weight excluding hydrogens is 170 g/mol. The fourth-order valence-corrected chi connectivity index (χ4v) is 3.27. The molecule has 14 heavy (non-hydrogen) atoms. The van der Waals surface area contributed by atoms with Crippen LogP contribution in [0.15, 0.2) is 0 Å². The molecule has 1 N–H and O–H groups in total. The quantitative estimate of drug-likeness (QED) is 0.677. The molecule has 1 saturated carbocycles. The summed E-state index contributed by atoms with van der Waals surface area (Å²) in [6.45, 7) is 4.96. The van der Waals surface area contributed by atoms with Gasteiger partial charge < -0.3 is 5.32 Å². The molecule has 0 spiro atoms. The van der Waals surface area contributed by atoms with E-state index in [4.69, 9.17) is 0 Å². The second kappa shape index (κ2) is 5.16. The molecule has 1 heteroatoms. The van der Waals surface area contributed by atoms with Crippen molar-refractivity contribution in [3.05, 3.63) is 0 Å². The van der Waals surface area contributed by atoms with Crippen molar-refractivity contribution in [2.75, 3.05) is 13.1 Å². The van der Waals surface area contributed by atoms with E-state index in [-0.39, 0.29) is 0 Å². The summed E-state index contributed by atoms with van der Waals surface area (Å²) in [5, 5.41) is 3.53. The van der Waals surface area contributed by atoms with Gasteiger partial charge >= 0.3 is 0 Å². The van der Waals surface area contributed by atoms with Crippen molar-refractivity contribution in [1.82, 2.24) is 5.32 Å². The van der Waals surface area contributed by atoms with E-state index in [2.05, 4.69) is 12.2 Å². The van der Waals surface area contributed by atoms with Crippen LogP contribution < -0.4 is 5.32 Å². The zero-order valence-corrected chi connectivity index (χ0v) is 9.60. The molecule has 2 rings (SSSR count). The van der Waals surface area contributed by atoms with Gasteiger partial charge in [-0.2, -0.15) is 0 Å². The summed E-state index contributed by atoms with van der Waals surface area (Å²) >= 11 is 0. The van der Waals surface area contributed by atoms with E-state index in [0.717, 1.165) is 17.8 Å². The van der Waals surface area contributed by atoms with Crippen LogP contribution in [0, 0.1) is 17.8 Å². The van der Waals surface area contributed by atoms with Gasteiger partial charge in [-0.3, -0.25) is 0 Å². The number of hydrogen-bond donors (Lipinski definition) is 1. The lowest BCUT2D eigenvalue weighted by Gasteiger charge is -2.32. The first-order chi connectivity index (χ1) is 6.86. The topological polar surface area (TPSA) is 12.0 Å². The summed E-state index contributed by atoms with van der Waals surface area (Å²) in [7, 11) is 0. The predicted molar refractivity (Wildman–Crippen MR) is 61.3 cm³/mol. The van der Waals surface area contributed by atoms with Gasteiger partial charge in [0.05, 0.1) is 0 Å². The van der Waals surface area contributed by atoms with Crippen LogP contribution in [0.25, 0.3) is 0 Å². The van der Waals surface area contributed by atoms with Gasteiger partial charge in [0.25, 0.3) is 0 Å². The summed E-state index contributed by atoms with van der Waals surface area (Å²) in [5.74, 6) is 3.14. The maximum absolute atomic E-state index is 3.53.